The third-order valence-corrected chi connectivity index (χ3v) is 6.13. The summed E-state index contributed by atoms with van der Waals surface area (Å²) in [6, 6.07) is 30.0. The number of fused-ring (bicyclic) bond motifs is 2. The lowest BCUT2D eigenvalue weighted by molar-refractivity contribution is -0.384. The summed E-state index contributed by atoms with van der Waals surface area (Å²) in [6.45, 7) is 0.189. The van der Waals surface area contributed by atoms with Crippen LogP contribution in [0.1, 0.15) is 11.1 Å². The first kappa shape index (κ1) is 23.8. The molecule has 0 aliphatic rings. The van der Waals surface area contributed by atoms with Crippen molar-refractivity contribution in [2.24, 2.45) is 5.10 Å². The molecule has 0 fully saturated rings. The van der Waals surface area contributed by atoms with Crippen molar-refractivity contribution in [3.63, 3.8) is 0 Å². The van der Waals surface area contributed by atoms with Crippen molar-refractivity contribution in [1.82, 2.24) is 9.66 Å². The average Bonchev–Trinajstić information content (AvgIpc) is 3.40. The van der Waals surface area contributed by atoms with Crippen LogP contribution in [0.15, 0.2) is 117 Å². The van der Waals surface area contributed by atoms with Gasteiger partial charge in [-0.2, -0.15) is 9.78 Å². The molecule has 9 heteroatoms. The topological polar surface area (TPSA) is 113 Å². The molecule has 0 saturated carbocycles. The van der Waals surface area contributed by atoms with Gasteiger partial charge in [-0.1, -0.05) is 42.5 Å². The maximum absolute atomic E-state index is 13.4. The van der Waals surface area contributed by atoms with Gasteiger partial charge in [-0.15, -0.1) is 0 Å². The Morgan fingerprint density at radius 1 is 0.949 bits per heavy atom. The summed E-state index contributed by atoms with van der Waals surface area (Å²) < 4.78 is 13.0. The van der Waals surface area contributed by atoms with Crippen molar-refractivity contribution >= 4 is 33.8 Å². The van der Waals surface area contributed by atoms with Crippen LogP contribution in [0.4, 0.5) is 5.69 Å². The van der Waals surface area contributed by atoms with E-state index < -0.39 is 4.92 Å². The summed E-state index contributed by atoms with van der Waals surface area (Å²) >= 11 is 0. The fraction of sp³-hybridized carbons (Fsp3) is 0.0333. The van der Waals surface area contributed by atoms with E-state index in [4.69, 9.17) is 14.1 Å². The minimum atomic E-state index is -0.437. The second kappa shape index (κ2) is 10.1. The van der Waals surface area contributed by atoms with Gasteiger partial charge < -0.3 is 9.15 Å². The third-order valence-electron chi connectivity index (χ3n) is 6.13. The zero-order valence-electron chi connectivity index (χ0n) is 20.4. The third kappa shape index (κ3) is 4.88. The molecule has 0 N–H and O–H groups in total. The lowest BCUT2D eigenvalue weighted by atomic mass is 10.2. The van der Waals surface area contributed by atoms with Gasteiger partial charge in [-0.05, 0) is 59.7 Å². The molecule has 0 atom stereocenters. The first-order chi connectivity index (χ1) is 19.0. The van der Waals surface area contributed by atoms with E-state index in [1.807, 2.05) is 36.4 Å². The van der Waals surface area contributed by atoms with Crippen molar-refractivity contribution in [3.8, 4) is 17.3 Å². The van der Waals surface area contributed by atoms with E-state index in [0.717, 1.165) is 10.9 Å². The number of furan rings is 1. The van der Waals surface area contributed by atoms with Gasteiger partial charge >= 0.3 is 0 Å². The van der Waals surface area contributed by atoms with Gasteiger partial charge in [0.15, 0.2) is 5.76 Å². The zero-order chi connectivity index (χ0) is 26.8. The van der Waals surface area contributed by atoms with Crippen LogP contribution in [0.2, 0.25) is 0 Å². The van der Waals surface area contributed by atoms with Gasteiger partial charge in [0.1, 0.15) is 17.9 Å². The van der Waals surface area contributed by atoms with Gasteiger partial charge in [0.05, 0.1) is 22.0 Å². The maximum Gasteiger partial charge on any atom is 0.282 e. The van der Waals surface area contributed by atoms with Gasteiger partial charge in [-0.3, -0.25) is 14.9 Å². The number of aromatic nitrogens is 2. The second-order valence-electron chi connectivity index (χ2n) is 8.75. The number of rotatable bonds is 7. The fourth-order valence-corrected chi connectivity index (χ4v) is 4.18. The Morgan fingerprint density at radius 3 is 2.56 bits per heavy atom. The van der Waals surface area contributed by atoms with Gasteiger partial charge in [0.2, 0.25) is 5.82 Å². The Hall–Kier alpha value is -5.57. The van der Waals surface area contributed by atoms with Crippen LogP contribution in [0.25, 0.3) is 33.5 Å². The summed E-state index contributed by atoms with van der Waals surface area (Å²) in [5, 5.41) is 16.8. The predicted molar refractivity (Wildman–Crippen MR) is 148 cm³/mol. The number of non-ortho nitro benzene ring substituents is 1. The Kier molecular flexibility index (Phi) is 6.14. The fourth-order valence-electron chi connectivity index (χ4n) is 4.18. The summed E-state index contributed by atoms with van der Waals surface area (Å²) in [5.74, 6) is 1.32. The number of nitrogens with zero attached hydrogens (tertiary/aromatic N) is 4. The quantitative estimate of drug-likeness (QED) is 0.142. The van der Waals surface area contributed by atoms with Crippen LogP contribution in [0.3, 0.4) is 0 Å². The van der Waals surface area contributed by atoms with Crippen LogP contribution >= 0.6 is 0 Å². The number of hydrogen-bond acceptors (Lipinski definition) is 7. The molecule has 0 unspecified atom stereocenters. The molecule has 6 rings (SSSR count). The smallest absolute Gasteiger partial charge is 0.282 e. The van der Waals surface area contributed by atoms with Gasteiger partial charge in [0, 0.05) is 17.5 Å². The molecule has 0 radical (unpaired) electrons. The summed E-state index contributed by atoms with van der Waals surface area (Å²) in [7, 11) is 0. The van der Waals surface area contributed by atoms with Crippen molar-refractivity contribution in [2.75, 3.05) is 0 Å². The van der Waals surface area contributed by atoms with Crippen LogP contribution in [-0.4, -0.2) is 20.8 Å². The molecule has 2 aromatic heterocycles. The first-order valence-electron chi connectivity index (χ1n) is 12.1. The number of nitro groups is 1. The van der Waals surface area contributed by atoms with Gasteiger partial charge in [0.25, 0.3) is 11.2 Å². The minimum Gasteiger partial charge on any atom is -0.489 e. The number of nitro benzene ring substituents is 1. The molecular formula is C30H20N4O5. The molecule has 0 bridgehead atoms. The predicted octanol–water partition coefficient (Wildman–Crippen LogP) is 6.18. The normalized spacial score (nSPS) is 11.4. The summed E-state index contributed by atoms with van der Waals surface area (Å²) in [5.41, 5.74) is 2.36. The highest BCUT2D eigenvalue weighted by atomic mass is 16.6. The highest BCUT2D eigenvalue weighted by molar-refractivity contribution is 5.84. The first-order valence-corrected chi connectivity index (χ1v) is 12.1. The molecule has 0 aliphatic heterocycles. The molecule has 0 aliphatic carbocycles. The summed E-state index contributed by atoms with van der Waals surface area (Å²) in [4.78, 5) is 28.6. The van der Waals surface area contributed by atoms with E-state index in [-0.39, 0.29) is 17.9 Å². The Morgan fingerprint density at radius 2 is 1.74 bits per heavy atom. The molecule has 39 heavy (non-hydrogen) atoms. The van der Waals surface area contributed by atoms with Crippen LogP contribution in [0.5, 0.6) is 5.75 Å². The van der Waals surface area contributed by atoms with Crippen molar-refractivity contribution in [3.05, 3.63) is 135 Å². The van der Waals surface area contributed by atoms with E-state index in [1.54, 1.807) is 60.8 Å². The standard InChI is InChI=1S/C30H20N4O5/c35-30-25-9-2-3-10-26(25)32-29(28-17-22-7-1-4-11-27(22)39-28)33(30)31-18-20-12-14-24(15-13-20)38-19-21-6-5-8-23(16-21)34(36)37/h1-18H,19H2. The highest BCUT2D eigenvalue weighted by Crippen LogP contribution is 2.27. The lowest BCUT2D eigenvalue weighted by Gasteiger charge is -2.08. The Labute approximate surface area is 221 Å². The molecule has 6 aromatic rings. The van der Waals surface area contributed by atoms with E-state index in [9.17, 15) is 14.9 Å². The number of benzene rings is 4. The van der Waals surface area contributed by atoms with E-state index in [1.165, 1.54) is 16.8 Å². The molecule has 0 amide bonds. The SMILES string of the molecule is O=c1c2ccccc2nc(-c2cc3ccccc3o2)n1N=Cc1ccc(OCc2cccc([N+](=O)[O-])c2)cc1. The molecule has 4 aromatic carbocycles. The minimum absolute atomic E-state index is 0.0168. The lowest BCUT2D eigenvalue weighted by Crippen LogP contribution is -2.20. The monoisotopic (exact) mass is 516 g/mol. The molecule has 0 saturated heterocycles. The molecular weight excluding hydrogens is 496 g/mol. The molecule has 0 spiro atoms. The van der Waals surface area contributed by atoms with E-state index >= 15 is 0 Å². The summed E-state index contributed by atoms with van der Waals surface area (Å²) in [6.07, 6.45) is 1.56. The molecule has 190 valence electrons. The number of para-hydroxylation sites is 2. The second-order valence-corrected chi connectivity index (χ2v) is 8.75. The van der Waals surface area contributed by atoms with Crippen LogP contribution in [-0.2, 0) is 6.61 Å². The van der Waals surface area contributed by atoms with Gasteiger partial charge in [-0.25, -0.2) is 4.98 Å². The van der Waals surface area contributed by atoms with E-state index in [0.29, 0.717) is 39.4 Å². The highest BCUT2D eigenvalue weighted by Gasteiger charge is 2.16. The zero-order valence-corrected chi connectivity index (χ0v) is 20.4. The van der Waals surface area contributed by atoms with Crippen molar-refractivity contribution in [1.29, 1.82) is 0 Å². The van der Waals surface area contributed by atoms with Crippen LogP contribution in [0, 0.1) is 10.1 Å². The molecule has 2 heterocycles. The van der Waals surface area contributed by atoms with Crippen LogP contribution < -0.4 is 10.3 Å². The van der Waals surface area contributed by atoms with E-state index in [2.05, 4.69) is 5.10 Å². The average molecular weight is 517 g/mol. The Bertz CT molecular complexity index is 1890. The molecule has 9 nitrogen and oxygen atoms in total. The Balaban J connectivity index is 1.29. The largest absolute Gasteiger partial charge is 0.489 e. The maximum atomic E-state index is 13.4. The number of hydrogen-bond donors (Lipinski definition) is 0. The van der Waals surface area contributed by atoms with Crippen molar-refractivity contribution in [2.45, 2.75) is 6.61 Å². The van der Waals surface area contributed by atoms with Crippen molar-refractivity contribution < 1.29 is 14.1 Å². The number of ether oxygens (including phenoxy) is 1.